The lowest BCUT2D eigenvalue weighted by atomic mass is 10.1. The van der Waals surface area contributed by atoms with E-state index < -0.39 is 10.8 Å². The summed E-state index contributed by atoms with van der Waals surface area (Å²) in [5.74, 6) is 0. The summed E-state index contributed by atoms with van der Waals surface area (Å²) in [7, 11) is -1.62. The van der Waals surface area contributed by atoms with Crippen LogP contribution in [0.5, 0.6) is 0 Å². The van der Waals surface area contributed by atoms with Crippen molar-refractivity contribution in [3.05, 3.63) is 66.2 Å². The fourth-order valence-electron chi connectivity index (χ4n) is 2.35. The standard InChI is InChI=1S/C17H15N3OS/c18-14-9-4-8-13(16(14)19)17(20)22(21)15-10-3-6-11-5-1-2-7-12(11)15/h1-10,20H,18-19H2. The molecule has 0 aliphatic heterocycles. The molecular weight excluding hydrogens is 294 g/mol. The SMILES string of the molecule is N=C(c1cccc(N)c1N)S(=O)c1cccc2ccccc12. The van der Waals surface area contributed by atoms with Crippen molar-refractivity contribution in [3.63, 3.8) is 0 Å². The minimum absolute atomic E-state index is 0.0406. The second kappa shape index (κ2) is 5.61. The predicted molar refractivity (Wildman–Crippen MR) is 92.5 cm³/mol. The van der Waals surface area contributed by atoms with Gasteiger partial charge in [0.1, 0.15) is 15.8 Å². The topological polar surface area (TPSA) is 93.0 Å². The largest absolute Gasteiger partial charge is 0.397 e. The number of rotatable bonds is 2. The van der Waals surface area contributed by atoms with Crippen LogP contribution in [0.4, 0.5) is 11.4 Å². The van der Waals surface area contributed by atoms with Gasteiger partial charge in [-0.15, -0.1) is 0 Å². The van der Waals surface area contributed by atoms with Gasteiger partial charge in [-0.2, -0.15) is 0 Å². The minimum atomic E-state index is -1.62. The first kappa shape index (κ1) is 14.3. The van der Waals surface area contributed by atoms with E-state index in [0.717, 1.165) is 10.8 Å². The van der Waals surface area contributed by atoms with Crippen molar-refractivity contribution in [1.29, 1.82) is 5.41 Å². The van der Waals surface area contributed by atoms with Crippen LogP contribution in [0.15, 0.2) is 65.6 Å². The van der Waals surface area contributed by atoms with Gasteiger partial charge in [0.2, 0.25) is 0 Å². The molecule has 0 spiro atoms. The lowest BCUT2D eigenvalue weighted by Crippen LogP contribution is -2.12. The highest BCUT2D eigenvalue weighted by Gasteiger charge is 2.18. The Morgan fingerprint density at radius 3 is 2.41 bits per heavy atom. The predicted octanol–water partition coefficient (Wildman–Crippen LogP) is 3.14. The molecule has 22 heavy (non-hydrogen) atoms. The Hall–Kier alpha value is -2.66. The molecule has 0 aliphatic rings. The van der Waals surface area contributed by atoms with Gasteiger partial charge in [-0.3, -0.25) is 5.41 Å². The monoisotopic (exact) mass is 309 g/mol. The third kappa shape index (κ3) is 2.35. The molecule has 1 atom stereocenters. The number of hydrogen-bond donors (Lipinski definition) is 3. The average molecular weight is 309 g/mol. The van der Waals surface area contributed by atoms with Crippen molar-refractivity contribution in [1.82, 2.24) is 0 Å². The van der Waals surface area contributed by atoms with Crippen LogP contribution >= 0.6 is 0 Å². The Balaban J connectivity index is 2.10. The van der Waals surface area contributed by atoms with Crippen molar-refractivity contribution < 1.29 is 4.21 Å². The fourth-order valence-corrected chi connectivity index (χ4v) is 3.53. The van der Waals surface area contributed by atoms with Crippen LogP contribution in [-0.4, -0.2) is 9.25 Å². The molecule has 0 aliphatic carbocycles. The van der Waals surface area contributed by atoms with E-state index in [2.05, 4.69) is 0 Å². The zero-order chi connectivity index (χ0) is 15.7. The molecule has 0 bridgehead atoms. The summed E-state index contributed by atoms with van der Waals surface area (Å²) in [6, 6.07) is 18.3. The first-order chi connectivity index (χ1) is 10.6. The molecule has 110 valence electrons. The second-order valence-electron chi connectivity index (χ2n) is 4.88. The van der Waals surface area contributed by atoms with Gasteiger partial charge in [0, 0.05) is 5.56 Å². The zero-order valence-electron chi connectivity index (χ0n) is 11.7. The number of nitrogen functional groups attached to an aromatic ring is 2. The van der Waals surface area contributed by atoms with E-state index in [4.69, 9.17) is 16.9 Å². The number of para-hydroxylation sites is 1. The van der Waals surface area contributed by atoms with Gasteiger partial charge in [0.25, 0.3) is 0 Å². The van der Waals surface area contributed by atoms with Gasteiger partial charge >= 0.3 is 0 Å². The molecule has 0 fully saturated rings. The van der Waals surface area contributed by atoms with Crippen molar-refractivity contribution in [2.24, 2.45) is 0 Å². The van der Waals surface area contributed by atoms with Crippen LogP contribution in [0, 0.1) is 5.41 Å². The van der Waals surface area contributed by atoms with Gasteiger partial charge in [0.05, 0.1) is 16.3 Å². The van der Waals surface area contributed by atoms with Crippen molar-refractivity contribution in [2.75, 3.05) is 11.5 Å². The van der Waals surface area contributed by atoms with E-state index in [0.29, 0.717) is 21.8 Å². The van der Waals surface area contributed by atoms with E-state index in [1.165, 1.54) is 0 Å². The van der Waals surface area contributed by atoms with Gasteiger partial charge in [0.15, 0.2) is 0 Å². The van der Waals surface area contributed by atoms with E-state index in [-0.39, 0.29) is 5.04 Å². The highest BCUT2D eigenvalue weighted by Crippen LogP contribution is 2.26. The Morgan fingerprint density at radius 1 is 0.909 bits per heavy atom. The molecule has 3 aromatic rings. The molecule has 0 aromatic heterocycles. The maximum Gasteiger partial charge on any atom is 0.133 e. The number of fused-ring (bicyclic) bond motifs is 1. The summed E-state index contributed by atoms with van der Waals surface area (Å²) in [4.78, 5) is 0.602. The van der Waals surface area contributed by atoms with Gasteiger partial charge in [-0.1, -0.05) is 42.5 Å². The summed E-state index contributed by atoms with van der Waals surface area (Å²) < 4.78 is 12.8. The van der Waals surface area contributed by atoms with E-state index in [1.54, 1.807) is 24.3 Å². The number of hydrogen-bond acceptors (Lipinski definition) is 4. The maximum atomic E-state index is 12.8. The molecule has 5 heteroatoms. The van der Waals surface area contributed by atoms with Crippen LogP contribution in [0.3, 0.4) is 0 Å². The van der Waals surface area contributed by atoms with E-state index in [1.807, 2.05) is 36.4 Å². The Morgan fingerprint density at radius 2 is 1.59 bits per heavy atom. The zero-order valence-corrected chi connectivity index (χ0v) is 12.6. The smallest absolute Gasteiger partial charge is 0.133 e. The molecule has 0 saturated carbocycles. The summed E-state index contributed by atoms with van der Waals surface area (Å²) in [6.45, 7) is 0. The third-order valence-corrected chi connectivity index (χ3v) is 4.87. The lowest BCUT2D eigenvalue weighted by molar-refractivity contribution is 0.690. The summed E-state index contributed by atoms with van der Waals surface area (Å²) >= 11 is 0. The Labute approximate surface area is 130 Å². The van der Waals surface area contributed by atoms with E-state index in [9.17, 15) is 4.21 Å². The lowest BCUT2D eigenvalue weighted by Gasteiger charge is -2.11. The van der Waals surface area contributed by atoms with Crippen LogP contribution in [0.1, 0.15) is 5.56 Å². The molecule has 3 aromatic carbocycles. The highest BCUT2D eigenvalue weighted by molar-refractivity contribution is 8.01. The average Bonchev–Trinajstić information content (AvgIpc) is 2.55. The maximum absolute atomic E-state index is 12.8. The first-order valence-electron chi connectivity index (χ1n) is 6.72. The normalized spacial score (nSPS) is 12.2. The Bertz CT molecular complexity index is 900. The van der Waals surface area contributed by atoms with Gasteiger partial charge < -0.3 is 11.5 Å². The molecular formula is C17H15N3OS. The molecule has 1 unspecified atom stereocenters. The number of nitrogens with one attached hydrogen (secondary N) is 1. The minimum Gasteiger partial charge on any atom is -0.397 e. The second-order valence-corrected chi connectivity index (χ2v) is 6.27. The van der Waals surface area contributed by atoms with E-state index >= 15 is 0 Å². The molecule has 0 saturated heterocycles. The summed E-state index contributed by atoms with van der Waals surface area (Å²) in [5, 5.41) is 10.1. The van der Waals surface area contributed by atoms with Crippen LogP contribution < -0.4 is 11.5 Å². The molecule has 4 nitrogen and oxygen atoms in total. The molecule has 3 rings (SSSR count). The summed E-state index contributed by atoms with van der Waals surface area (Å²) in [6.07, 6.45) is 0. The first-order valence-corrected chi connectivity index (χ1v) is 7.87. The van der Waals surface area contributed by atoms with Crippen LogP contribution in [-0.2, 0) is 10.8 Å². The van der Waals surface area contributed by atoms with Crippen LogP contribution in [0.25, 0.3) is 10.8 Å². The van der Waals surface area contributed by atoms with Crippen molar-refractivity contribution >= 4 is 38.0 Å². The third-order valence-electron chi connectivity index (χ3n) is 3.52. The van der Waals surface area contributed by atoms with Crippen molar-refractivity contribution in [3.8, 4) is 0 Å². The van der Waals surface area contributed by atoms with Crippen molar-refractivity contribution in [2.45, 2.75) is 4.90 Å². The Kier molecular flexibility index (Phi) is 3.65. The number of nitrogens with two attached hydrogens (primary N) is 2. The molecule has 0 radical (unpaired) electrons. The van der Waals surface area contributed by atoms with Gasteiger partial charge in [-0.05, 0) is 29.0 Å². The molecule has 5 N–H and O–H groups in total. The number of benzene rings is 3. The molecule has 0 heterocycles. The fraction of sp³-hybridized carbons (Fsp3) is 0. The number of anilines is 2. The highest BCUT2D eigenvalue weighted by atomic mass is 32.2. The molecule has 0 amide bonds. The van der Waals surface area contributed by atoms with Crippen LogP contribution in [0.2, 0.25) is 0 Å². The quantitative estimate of drug-likeness (QED) is 0.386. The van der Waals surface area contributed by atoms with Gasteiger partial charge in [-0.25, -0.2) is 4.21 Å². The summed E-state index contributed by atoms with van der Waals surface area (Å²) in [5.41, 5.74) is 12.8.